The number of carboxylic acids is 1. The number of halogens is 2. The minimum Gasteiger partial charge on any atom is -0.481 e. The SMILES string of the molecule is O=C(CCOCC(F)F)N[C@H]1CC[C@@H](C(=O)O)C1. The van der Waals surface area contributed by atoms with E-state index >= 15 is 0 Å². The lowest BCUT2D eigenvalue weighted by atomic mass is 10.1. The van der Waals surface area contributed by atoms with Gasteiger partial charge in [0.1, 0.15) is 6.61 Å². The molecule has 2 N–H and O–H groups in total. The summed E-state index contributed by atoms with van der Waals surface area (Å²) < 4.78 is 28.0. The molecule has 1 saturated carbocycles. The van der Waals surface area contributed by atoms with E-state index < -0.39 is 24.9 Å². The first-order valence-electron chi connectivity index (χ1n) is 5.87. The summed E-state index contributed by atoms with van der Waals surface area (Å²) in [5, 5.41) is 11.5. The summed E-state index contributed by atoms with van der Waals surface area (Å²) in [6.45, 7) is -0.719. The highest BCUT2D eigenvalue weighted by molar-refractivity contribution is 5.76. The molecule has 0 radical (unpaired) electrons. The first kappa shape index (κ1) is 14.8. The molecule has 18 heavy (non-hydrogen) atoms. The van der Waals surface area contributed by atoms with Gasteiger partial charge in [-0.15, -0.1) is 0 Å². The minimum atomic E-state index is -2.53. The van der Waals surface area contributed by atoms with Crippen LogP contribution in [0.25, 0.3) is 0 Å². The average molecular weight is 265 g/mol. The quantitative estimate of drug-likeness (QED) is 0.674. The third-order valence-electron chi connectivity index (χ3n) is 2.86. The number of alkyl halides is 2. The van der Waals surface area contributed by atoms with E-state index in [9.17, 15) is 18.4 Å². The maximum Gasteiger partial charge on any atom is 0.306 e. The summed E-state index contributed by atoms with van der Waals surface area (Å²) in [4.78, 5) is 22.1. The van der Waals surface area contributed by atoms with Crippen LogP contribution in [0.1, 0.15) is 25.7 Å². The fourth-order valence-electron chi connectivity index (χ4n) is 1.97. The zero-order chi connectivity index (χ0) is 13.5. The number of amides is 1. The van der Waals surface area contributed by atoms with E-state index in [-0.39, 0.29) is 25.0 Å². The summed E-state index contributed by atoms with van der Waals surface area (Å²) in [6, 6.07) is -0.131. The number of carboxylic acid groups (broad SMARTS) is 1. The highest BCUT2D eigenvalue weighted by Crippen LogP contribution is 2.25. The highest BCUT2D eigenvalue weighted by atomic mass is 19.3. The van der Waals surface area contributed by atoms with Gasteiger partial charge in [0, 0.05) is 12.5 Å². The summed E-state index contributed by atoms with van der Waals surface area (Å²) in [7, 11) is 0. The normalized spacial score (nSPS) is 23.3. The van der Waals surface area contributed by atoms with Gasteiger partial charge in [-0.1, -0.05) is 0 Å². The number of ether oxygens (including phenoxy) is 1. The fourth-order valence-corrected chi connectivity index (χ4v) is 1.97. The van der Waals surface area contributed by atoms with E-state index in [1.165, 1.54) is 0 Å². The summed E-state index contributed by atoms with van der Waals surface area (Å²) in [5.41, 5.74) is 0. The molecule has 104 valence electrons. The maximum atomic E-state index is 11.7. The van der Waals surface area contributed by atoms with Crippen LogP contribution in [0, 0.1) is 5.92 Å². The van der Waals surface area contributed by atoms with E-state index in [2.05, 4.69) is 10.1 Å². The smallest absolute Gasteiger partial charge is 0.306 e. The molecule has 1 aliphatic rings. The van der Waals surface area contributed by atoms with Crippen LogP contribution in [0.3, 0.4) is 0 Å². The number of carbonyl (C=O) groups excluding carboxylic acids is 1. The Bertz CT molecular complexity index is 299. The molecule has 0 unspecified atom stereocenters. The highest BCUT2D eigenvalue weighted by Gasteiger charge is 2.30. The van der Waals surface area contributed by atoms with Crippen molar-refractivity contribution < 1.29 is 28.2 Å². The fraction of sp³-hybridized carbons (Fsp3) is 0.818. The summed E-state index contributed by atoms with van der Waals surface area (Å²) >= 11 is 0. The molecule has 0 aliphatic heterocycles. The molecule has 0 saturated heterocycles. The topological polar surface area (TPSA) is 75.6 Å². The third-order valence-corrected chi connectivity index (χ3v) is 2.86. The van der Waals surface area contributed by atoms with Crippen molar-refractivity contribution in [1.29, 1.82) is 0 Å². The van der Waals surface area contributed by atoms with Gasteiger partial charge in [-0.3, -0.25) is 9.59 Å². The monoisotopic (exact) mass is 265 g/mol. The van der Waals surface area contributed by atoms with Crippen LogP contribution in [0.5, 0.6) is 0 Å². The van der Waals surface area contributed by atoms with Crippen LogP contribution in [-0.4, -0.2) is 42.7 Å². The molecule has 0 aromatic carbocycles. The predicted octanol–water partition coefficient (Wildman–Crippen LogP) is 1.03. The number of rotatable bonds is 7. The van der Waals surface area contributed by atoms with Crippen molar-refractivity contribution in [2.75, 3.05) is 13.2 Å². The van der Waals surface area contributed by atoms with Gasteiger partial charge < -0.3 is 15.2 Å². The Labute approximate surface area is 103 Å². The van der Waals surface area contributed by atoms with E-state index in [0.29, 0.717) is 19.3 Å². The lowest BCUT2D eigenvalue weighted by Crippen LogP contribution is -2.34. The second kappa shape index (κ2) is 7.25. The largest absolute Gasteiger partial charge is 0.481 e. The van der Waals surface area contributed by atoms with Crippen LogP contribution in [0.15, 0.2) is 0 Å². The molecule has 1 rings (SSSR count). The minimum absolute atomic E-state index is 0.0148. The summed E-state index contributed by atoms with van der Waals surface area (Å²) in [5.74, 6) is -1.53. The molecule has 2 atom stereocenters. The molecule has 0 heterocycles. The van der Waals surface area contributed by atoms with Gasteiger partial charge in [-0.2, -0.15) is 0 Å². The number of carbonyl (C=O) groups is 2. The van der Waals surface area contributed by atoms with Crippen molar-refractivity contribution in [3.63, 3.8) is 0 Å². The third kappa shape index (κ3) is 5.39. The van der Waals surface area contributed by atoms with Crippen molar-refractivity contribution in [2.45, 2.75) is 38.2 Å². The van der Waals surface area contributed by atoms with Crippen LogP contribution >= 0.6 is 0 Å². The lowest BCUT2D eigenvalue weighted by Gasteiger charge is -2.12. The Kier molecular flexibility index (Phi) is 5.97. The number of nitrogens with one attached hydrogen (secondary N) is 1. The molecule has 1 aliphatic carbocycles. The van der Waals surface area contributed by atoms with Gasteiger partial charge in [-0.25, -0.2) is 8.78 Å². The van der Waals surface area contributed by atoms with Gasteiger partial charge in [0.2, 0.25) is 5.91 Å². The van der Waals surface area contributed by atoms with E-state index in [1.54, 1.807) is 0 Å². The Hall–Kier alpha value is -1.24. The van der Waals surface area contributed by atoms with Crippen molar-refractivity contribution in [3.05, 3.63) is 0 Å². The molecule has 0 aromatic rings. The zero-order valence-corrected chi connectivity index (χ0v) is 9.90. The van der Waals surface area contributed by atoms with E-state index in [4.69, 9.17) is 5.11 Å². The molecular weight excluding hydrogens is 248 g/mol. The molecule has 1 amide bonds. The number of hydrogen-bond acceptors (Lipinski definition) is 3. The summed E-state index contributed by atoms with van der Waals surface area (Å²) in [6.07, 6.45) is -0.887. The zero-order valence-electron chi connectivity index (χ0n) is 9.90. The van der Waals surface area contributed by atoms with Crippen LogP contribution in [0.2, 0.25) is 0 Å². The molecule has 7 heteroatoms. The maximum absolute atomic E-state index is 11.7. The van der Waals surface area contributed by atoms with Gasteiger partial charge in [-0.05, 0) is 19.3 Å². The lowest BCUT2D eigenvalue weighted by molar-refractivity contribution is -0.141. The van der Waals surface area contributed by atoms with Crippen molar-refractivity contribution >= 4 is 11.9 Å². The predicted molar refractivity (Wildman–Crippen MR) is 58.3 cm³/mol. The van der Waals surface area contributed by atoms with Crippen molar-refractivity contribution in [2.24, 2.45) is 5.92 Å². The van der Waals surface area contributed by atoms with Gasteiger partial charge >= 0.3 is 5.97 Å². The first-order chi connectivity index (χ1) is 8.49. The van der Waals surface area contributed by atoms with Crippen molar-refractivity contribution in [3.8, 4) is 0 Å². The standard InChI is InChI=1S/C11H17F2NO4/c12-9(13)6-18-4-3-10(15)14-8-2-1-7(5-8)11(16)17/h7-9H,1-6H2,(H,14,15)(H,16,17)/t7-,8+/m1/s1. The molecule has 0 bridgehead atoms. The Balaban J connectivity index is 2.12. The van der Waals surface area contributed by atoms with Gasteiger partial charge in [0.15, 0.2) is 0 Å². The Morgan fingerprint density at radius 3 is 2.67 bits per heavy atom. The van der Waals surface area contributed by atoms with Gasteiger partial charge in [0.25, 0.3) is 6.43 Å². The first-order valence-corrected chi connectivity index (χ1v) is 5.87. The molecule has 0 spiro atoms. The number of hydrogen-bond donors (Lipinski definition) is 2. The second-order valence-corrected chi connectivity index (χ2v) is 4.33. The van der Waals surface area contributed by atoms with E-state index in [1.807, 2.05) is 0 Å². The molecule has 5 nitrogen and oxygen atoms in total. The van der Waals surface area contributed by atoms with Crippen LogP contribution in [0.4, 0.5) is 8.78 Å². The van der Waals surface area contributed by atoms with Crippen molar-refractivity contribution in [1.82, 2.24) is 5.32 Å². The molecular formula is C11H17F2NO4. The molecule has 1 fully saturated rings. The van der Waals surface area contributed by atoms with E-state index in [0.717, 1.165) is 0 Å². The van der Waals surface area contributed by atoms with Gasteiger partial charge in [0.05, 0.1) is 12.5 Å². The van der Waals surface area contributed by atoms with Crippen LogP contribution < -0.4 is 5.32 Å². The second-order valence-electron chi connectivity index (χ2n) is 4.33. The Morgan fingerprint density at radius 2 is 2.11 bits per heavy atom. The average Bonchev–Trinajstić information content (AvgIpc) is 2.72. The Morgan fingerprint density at radius 1 is 1.39 bits per heavy atom. The number of aliphatic carboxylic acids is 1. The molecule has 0 aromatic heterocycles. The van der Waals surface area contributed by atoms with Crippen LogP contribution in [-0.2, 0) is 14.3 Å².